The Morgan fingerprint density at radius 2 is 1.88 bits per heavy atom. The highest BCUT2D eigenvalue weighted by Crippen LogP contribution is 2.33. The molecule has 6 rings (SSSR count). The van der Waals surface area contributed by atoms with Gasteiger partial charge in [0.1, 0.15) is 23.0 Å². The fourth-order valence-electron chi connectivity index (χ4n) is 6.31. The van der Waals surface area contributed by atoms with Crippen molar-refractivity contribution in [2.75, 3.05) is 25.0 Å². The van der Waals surface area contributed by atoms with Crippen LogP contribution in [0.1, 0.15) is 44.1 Å². The molecule has 4 aromatic rings. The molecule has 2 aliphatic heterocycles. The van der Waals surface area contributed by atoms with E-state index in [4.69, 9.17) is 0 Å². The van der Waals surface area contributed by atoms with Crippen LogP contribution < -0.4 is 5.32 Å². The maximum absolute atomic E-state index is 15.0. The normalized spacial score (nSPS) is 19.2. The molecular formula is C29H32F2N8O2. The zero-order chi connectivity index (χ0) is 28.8. The molecular weight excluding hydrogens is 530 g/mol. The van der Waals surface area contributed by atoms with Crippen LogP contribution in [0.25, 0.3) is 22.2 Å². The summed E-state index contributed by atoms with van der Waals surface area (Å²) in [7, 11) is 0. The van der Waals surface area contributed by atoms with Crippen LogP contribution in [0.3, 0.4) is 0 Å². The molecule has 0 spiro atoms. The average molecular weight is 563 g/mol. The molecule has 0 saturated carbocycles. The highest BCUT2D eigenvalue weighted by atomic mass is 19.1. The third-order valence-corrected chi connectivity index (χ3v) is 8.06. The zero-order valence-electron chi connectivity index (χ0n) is 23.2. The smallest absolute Gasteiger partial charge is 0.407 e. The molecule has 0 bridgehead atoms. The van der Waals surface area contributed by atoms with Crippen LogP contribution in [-0.2, 0) is 6.54 Å². The van der Waals surface area contributed by atoms with Gasteiger partial charge in [-0.05, 0) is 63.3 Å². The van der Waals surface area contributed by atoms with Crippen molar-refractivity contribution in [2.24, 2.45) is 5.92 Å². The van der Waals surface area contributed by atoms with Gasteiger partial charge >= 0.3 is 6.09 Å². The van der Waals surface area contributed by atoms with E-state index in [-0.39, 0.29) is 23.2 Å². The molecule has 0 aliphatic carbocycles. The van der Waals surface area contributed by atoms with Crippen LogP contribution in [0, 0.1) is 24.5 Å². The summed E-state index contributed by atoms with van der Waals surface area (Å²) in [5.41, 5.74) is 2.34. The summed E-state index contributed by atoms with van der Waals surface area (Å²) < 4.78 is 31.8. The first kappa shape index (κ1) is 27.0. The van der Waals surface area contributed by atoms with E-state index in [2.05, 4.69) is 30.2 Å². The van der Waals surface area contributed by atoms with E-state index in [0.717, 1.165) is 31.1 Å². The number of amides is 1. The van der Waals surface area contributed by atoms with Crippen LogP contribution in [0.5, 0.6) is 0 Å². The fourth-order valence-corrected chi connectivity index (χ4v) is 6.31. The lowest BCUT2D eigenvalue weighted by Crippen LogP contribution is -2.47. The first-order valence-corrected chi connectivity index (χ1v) is 13.8. The fraction of sp³-hybridized carbons (Fsp3) is 0.414. The van der Waals surface area contributed by atoms with Crippen LogP contribution in [-0.4, -0.2) is 71.2 Å². The largest absolute Gasteiger partial charge is 0.465 e. The van der Waals surface area contributed by atoms with E-state index in [1.807, 2.05) is 25.3 Å². The lowest BCUT2D eigenvalue weighted by Gasteiger charge is -2.34. The van der Waals surface area contributed by atoms with E-state index < -0.39 is 17.7 Å². The third kappa shape index (κ3) is 5.19. The summed E-state index contributed by atoms with van der Waals surface area (Å²) in [6.45, 7) is 8.57. The number of anilines is 2. The van der Waals surface area contributed by atoms with Gasteiger partial charge in [0.25, 0.3) is 0 Å². The molecule has 12 heteroatoms. The number of pyridine rings is 1. The summed E-state index contributed by atoms with van der Waals surface area (Å²) >= 11 is 0. The number of rotatable bonds is 6. The van der Waals surface area contributed by atoms with Gasteiger partial charge in [-0.1, -0.05) is 0 Å². The molecule has 41 heavy (non-hydrogen) atoms. The van der Waals surface area contributed by atoms with Crippen molar-refractivity contribution >= 4 is 28.9 Å². The quantitative estimate of drug-likeness (QED) is 0.323. The first-order valence-electron chi connectivity index (χ1n) is 13.8. The highest BCUT2D eigenvalue weighted by molar-refractivity contribution is 5.84. The van der Waals surface area contributed by atoms with E-state index in [0.29, 0.717) is 54.2 Å². The minimum atomic E-state index is -0.846. The summed E-state index contributed by atoms with van der Waals surface area (Å²) in [6.07, 6.45) is 5.62. The van der Waals surface area contributed by atoms with E-state index in [1.54, 1.807) is 23.4 Å². The Balaban J connectivity index is 1.18. The van der Waals surface area contributed by atoms with Crippen molar-refractivity contribution in [1.29, 1.82) is 0 Å². The molecule has 2 aliphatic rings. The summed E-state index contributed by atoms with van der Waals surface area (Å²) in [4.78, 5) is 32.7. The summed E-state index contributed by atoms with van der Waals surface area (Å²) in [5, 5.41) is 12.5. The van der Waals surface area contributed by atoms with Crippen molar-refractivity contribution in [2.45, 2.75) is 52.2 Å². The molecule has 1 aromatic carbocycles. The van der Waals surface area contributed by atoms with Gasteiger partial charge in [0.15, 0.2) is 5.82 Å². The van der Waals surface area contributed by atoms with Gasteiger partial charge in [0, 0.05) is 55.7 Å². The number of carboxylic acid groups (broad SMARTS) is 1. The number of carbonyl (C=O) groups is 1. The Bertz CT molecular complexity index is 1610. The lowest BCUT2D eigenvalue weighted by atomic mass is 9.92. The van der Waals surface area contributed by atoms with Gasteiger partial charge < -0.3 is 19.9 Å². The maximum atomic E-state index is 15.0. The number of likely N-dealkylation sites (tertiary alicyclic amines) is 2. The number of fused-ring (bicyclic) bond motifs is 2. The van der Waals surface area contributed by atoms with Crippen molar-refractivity contribution in [3.05, 3.63) is 59.8 Å². The zero-order valence-corrected chi connectivity index (χ0v) is 23.2. The number of halogens is 2. The lowest BCUT2D eigenvalue weighted by molar-refractivity contribution is 0.0954. The van der Waals surface area contributed by atoms with Crippen LogP contribution in [0.4, 0.5) is 25.3 Å². The highest BCUT2D eigenvalue weighted by Gasteiger charge is 2.40. The van der Waals surface area contributed by atoms with Crippen LogP contribution in [0.2, 0.25) is 0 Å². The SMILES string of the molecule is Cc1nc2c(F)cc(-c3cc(Nc4ncc(CN5C[C@@H]6CCCN(C(=O)O)[C@@H]6C5)cn4)ncc3F)cc2n1C(C)C. The number of aryl methyl sites for hydroxylation is 1. The molecule has 5 heterocycles. The second-order valence-corrected chi connectivity index (χ2v) is 11.2. The van der Waals surface area contributed by atoms with Gasteiger partial charge in [-0.25, -0.2) is 33.5 Å². The molecule has 3 aromatic heterocycles. The molecule has 2 saturated heterocycles. The van der Waals surface area contributed by atoms with Crippen molar-refractivity contribution in [1.82, 2.24) is 34.3 Å². The van der Waals surface area contributed by atoms with Crippen molar-refractivity contribution in [3.63, 3.8) is 0 Å². The Kier molecular flexibility index (Phi) is 7.02. The third-order valence-electron chi connectivity index (χ3n) is 8.06. The molecule has 2 N–H and O–H groups in total. The summed E-state index contributed by atoms with van der Waals surface area (Å²) in [6, 6.07) is 4.64. The topological polar surface area (TPSA) is 112 Å². The number of hydrogen-bond donors (Lipinski definition) is 2. The van der Waals surface area contributed by atoms with Gasteiger partial charge in [0.05, 0.1) is 17.8 Å². The Hall–Kier alpha value is -4.19. The number of benzene rings is 1. The maximum Gasteiger partial charge on any atom is 0.407 e. The van der Waals surface area contributed by atoms with Crippen molar-refractivity contribution in [3.8, 4) is 11.1 Å². The van der Waals surface area contributed by atoms with Gasteiger partial charge in [-0.3, -0.25) is 4.90 Å². The Labute approximate surface area is 236 Å². The van der Waals surface area contributed by atoms with E-state index in [1.165, 1.54) is 12.1 Å². The molecule has 2 fully saturated rings. The van der Waals surface area contributed by atoms with E-state index >= 15 is 4.39 Å². The minimum Gasteiger partial charge on any atom is -0.465 e. The van der Waals surface area contributed by atoms with Gasteiger partial charge in [-0.2, -0.15) is 0 Å². The number of piperidine rings is 1. The Morgan fingerprint density at radius 1 is 1.10 bits per heavy atom. The molecule has 10 nitrogen and oxygen atoms in total. The predicted octanol–water partition coefficient (Wildman–Crippen LogP) is 5.37. The first-order chi connectivity index (χ1) is 19.7. The van der Waals surface area contributed by atoms with Crippen LogP contribution in [0.15, 0.2) is 36.8 Å². The summed E-state index contributed by atoms with van der Waals surface area (Å²) in [5.74, 6) is 0.559. The second-order valence-electron chi connectivity index (χ2n) is 11.2. The molecule has 2 atom stereocenters. The molecule has 0 radical (unpaired) electrons. The molecule has 0 unspecified atom stereocenters. The number of nitrogens with one attached hydrogen (secondary N) is 1. The number of hydrogen-bond acceptors (Lipinski definition) is 7. The molecule has 214 valence electrons. The second kappa shape index (κ2) is 10.7. The van der Waals surface area contributed by atoms with Crippen LogP contribution >= 0.6 is 0 Å². The number of nitrogens with zero attached hydrogens (tertiary/aromatic N) is 7. The van der Waals surface area contributed by atoms with Crippen molar-refractivity contribution < 1.29 is 18.7 Å². The standard InChI is InChI=1S/C29H32F2N8O2/c1-16(2)39-17(3)35-27-22(30)7-20(8-24(27)39)21-9-26(32-12-23(21)31)36-28-33-10-18(11-34-28)13-37-14-19-5-4-6-38(29(40)41)25(19)15-37/h7-12,16,19,25H,4-6,13-15H2,1-3H3,(H,40,41)(H,32,33,34,36)/t19-,25+/m0/s1. The van der Waals surface area contributed by atoms with Gasteiger partial charge in [-0.15, -0.1) is 0 Å². The minimum absolute atomic E-state index is 0.0333. The monoisotopic (exact) mass is 562 g/mol. The van der Waals surface area contributed by atoms with E-state index in [9.17, 15) is 14.3 Å². The Morgan fingerprint density at radius 3 is 2.61 bits per heavy atom. The number of imidazole rings is 1. The predicted molar refractivity (Wildman–Crippen MR) is 150 cm³/mol. The molecule has 1 amide bonds. The average Bonchev–Trinajstić information content (AvgIpc) is 3.50. The number of aromatic nitrogens is 5. The van der Waals surface area contributed by atoms with Gasteiger partial charge in [0.2, 0.25) is 5.95 Å².